The highest BCUT2D eigenvalue weighted by Gasteiger charge is 2.74. The molecule has 7 rings (SSSR count). The number of ether oxygens (including phenoxy) is 2. The first kappa shape index (κ1) is 27.6. The minimum Gasteiger partial charge on any atom is -0.504 e. The van der Waals surface area contributed by atoms with Gasteiger partial charge in [0.2, 0.25) is 5.91 Å². The van der Waals surface area contributed by atoms with Gasteiger partial charge >= 0.3 is 6.36 Å². The molecular formula is C32H35F3N2O5. The molecule has 2 saturated carbocycles. The van der Waals surface area contributed by atoms with Crippen LogP contribution in [0.5, 0.6) is 17.2 Å². The summed E-state index contributed by atoms with van der Waals surface area (Å²) < 4.78 is 48.6. The second-order valence-electron chi connectivity index (χ2n) is 12.9. The summed E-state index contributed by atoms with van der Waals surface area (Å²) in [7, 11) is 1.70. The highest BCUT2D eigenvalue weighted by atomic mass is 19.4. The lowest BCUT2D eigenvalue weighted by Crippen LogP contribution is -2.79. The normalized spacial score (nSPS) is 33.3. The van der Waals surface area contributed by atoms with Gasteiger partial charge in [0, 0.05) is 31.3 Å². The van der Waals surface area contributed by atoms with Gasteiger partial charge in [-0.1, -0.05) is 25.1 Å². The van der Waals surface area contributed by atoms with Crippen molar-refractivity contribution in [3.63, 3.8) is 0 Å². The number of amides is 1. The molecule has 0 radical (unpaired) electrons. The van der Waals surface area contributed by atoms with E-state index in [-0.39, 0.29) is 29.4 Å². The largest absolute Gasteiger partial charge is 0.573 e. The molecule has 42 heavy (non-hydrogen) atoms. The number of alkyl halides is 3. The summed E-state index contributed by atoms with van der Waals surface area (Å²) in [6.07, 6.45) is 1.72. The molecule has 0 unspecified atom stereocenters. The van der Waals surface area contributed by atoms with Gasteiger partial charge in [-0.2, -0.15) is 0 Å². The first-order valence-corrected chi connectivity index (χ1v) is 14.7. The predicted octanol–water partition coefficient (Wildman–Crippen LogP) is 4.64. The van der Waals surface area contributed by atoms with E-state index in [4.69, 9.17) is 4.74 Å². The van der Waals surface area contributed by atoms with Crippen molar-refractivity contribution in [3.8, 4) is 17.2 Å². The number of halogens is 3. The number of piperidine rings is 1. The molecule has 2 bridgehead atoms. The third kappa shape index (κ3) is 4.12. The maximum atomic E-state index is 13.5. The van der Waals surface area contributed by atoms with Gasteiger partial charge in [-0.05, 0) is 85.9 Å². The Bertz CT molecular complexity index is 1460. The lowest BCUT2D eigenvalue weighted by molar-refractivity contribution is -0.274. The monoisotopic (exact) mass is 584 g/mol. The predicted molar refractivity (Wildman–Crippen MR) is 148 cm³/mol. The molecule has 2 N–H and O–H groups in total. The molecule has 2 aliphatic heterocycles. The van der Waals surface area contributed by atoms with Crippen molar-refractivity contribution >= 4 is 12.0 Å². The van der Waals surface area contributed by atoms with Crippen molar-refractivity contribution < 1.29 is 37.7 Å². The third-order valence-electron chi connectivity index (χ3n) is 10.4. The number of hydrogen-bond donors (Lipinski definition) is 2. The number of nitrogens with zero attached hydrogens (tertiary/aromatic N) is 2. The number of phenols is 1. The van der Waals surface area contributed by atoms with E-state index in [0.29, 0.717) is 36.5 Å². The van der Waals surface area contributed by atoms with E-state index < -0.39 is 29.5 Å². The zero-order valence-electron chi connectivity index (χ0n) is 23.6. The molecule has 7 nitrogen and oxygen atoms in total. The Morgan fingerprint density at radius 3 is 2.79 bits per heavy atom. The van der Waals surface area contributed by atoms with Gasteiger partial charge in [0.15, 0.2) is 11.5 Å². The molecule has 6 atom stereocenters. The fourth-order valence-corrected chi connectivity index (χ4v) is 8.56. The summed E-state index contributed by atoms with van der Waals surface area (Å²) >= 11 is 0. The van der Waals surface area contributed by atoms with Crippen molar-refractivity contribution in [2.24, 2.45) is 11.8 Å². The number of hydrogen-bond acceptors (Lipinski definition) is 6. The highest BCUT2D eigenvalue weighted by molar-refractivity contribution is 5.92. The van der Waals surface area contributed by atoms with Gasteiger partial charge in [0.05, 0.1) is 17.1 Å². The topological polar surface area (TPSA) is 82.5 Å². The lowest BCUT2D eigenvalue weighted by Gasteiger charge is -2.66. The Kier molecular flexibility index (Phi) is 6.16. The first-order valence-electron chi connectivity index (χ1n) is 14.7. The maximum Gasteiger partial charge on any atom is 0.573 e. The summed E-state index contributed by atoms with van der Waals surface area (Å²) in [5.41, 5.74) is 0.528. The van der Waals surface area contributed by atoms with Gasteiger partial charge in [-0.25, -0.2) is 0 Å². The third-order valence-corrected chi connectivity index (χ3v) is 10.4. The standard InChI is InChI=1S/C32H35F3N2O5/c1-18-16-31(40)24-15-21-9-10-23(38)28-26(21)30(31,12-13-37(24)17-20-6-7-20)29(41-28)27(18)36(2)25(39)11-8-19-4-3-5-22(14-19)42-32(33,34)35/h3-5,8-11,14,18,20,24,27,29,38,40H,6-7,12-13,15-17H2,1-2H3/t18-,24+,27-,29-,30-,31+/m0/s1. The quantitative estimate of drug-likeness (QED) is 0.482. The molecular weight excluding hydrogens is 549 g/mol. The molecule has 224 valence electrons. The lowest BCUT2D eigenvalue weighted by atomic mass is 9.46. The minimum absolute atomic E-state index is 0.0416. The van der Waals surface area contributed by atoms with Crippen molar-refractivity contribution in [2.75, 3.05) is 20.1 Å². The van der Waals surface area contributed by atoms with E-state index in [1.54, 1.807) is 24.1 Å². The molecule has 10 heteroatoms. The Hall–Kier alpha value is -3.24. The molecule has 0 aromatic heterocycles. The smallest absolute Gasteiger partial charge is 0.504 e. The molecule has 1 saturated heterocycles. The van der Waals surface area contributed by atoms with Crippen LogP contribution in [-0.4, -0.2) is 76.2 Å². The van der Waals surface area contributed by atoms with Gasteiger partial charge < -0.3 is 24.6 Å². The summed E-state index contributed by atoms with van der Waals surface area (Å²) in [4.78, 5) is 17.6. The number of likely N-dealkylation sites (tertiary alicyclic amines) is 1. The average molecular weight is 585 g/mol. The Morgan fingerprint density at radius 1 is 1.26 bits per heavy atom. The number of rotatable bonds is 6. The molecule has 2 aromatic rings. The van der Waals surface area contributed by atoms with E-state index in [2.05, 4.69) is 9.64 Å². The van der Waals surface area contributed by atoms with Crippen molar-refractivity contribution in [2.45, 2.75) is 74.6 Å². The Morgan fingerprint density at radius 2 is 2.05 bits per heavy atom. The van der Waals surface area contributed by atoms with E-state index in [0.717, 1.165) is 24.2 Å². The van der Waals surface area contributed by atoms with Gasteiger partial charge in [0.1, 0.15) is 11.9 Å². The van der Waals surface area contributed by atoms with Crippen LogP contribution in [0.4, 0.5) is 13.2 Å². The number of aliphatic hydroxyl groups is 1. The van der Waals surface area contributed by atoms with E-state index >= 15 is 0 Å². The average Bonchev–Trinajstić information content (AvgIpc) is 3.66. The Labute approximate surface area is 242 Å². The summed E-state index contributed by atoms with van der Waals surface area (Å²) in [5.74, 6) is 0.318. The van der Waals surface area contributed by atoms with Crippen LogP contribution in [0.1, 0.15) is 49.3 Å². The van der Waals surface area contributed by atoms with Crippen LogP contribution >= 0.6 is 0 Å². The van der Waals surface area contributed by atoms with Gasteiger partial charge in [-0.15, -0.1) is 13.2 Å². The first-order chi connectivity index (χ1) is 19.9. The number of phenolic OH excluding ortho intramolecular Hbond substituents is 1. The fourth-order valence-electron chi connectivity index (χ4n) is 8.56. The SMILES string of the molecule is C[C@H]1C[C@@]2(O)[C@H]3Cc4ccc(O)c5c4[C@@]2(CCN3CC2CC2)[C@@H](O5)[C@H]1N(C)C(=O)C=Cc1cccc(OC(F)(F)F)c1. The van der Waals surface area contributed by atoms with E-state index in [1.807, 2.05) is 13.0 Å². The molecule has 2 aromatic carbocycles. The van der Waals surface area contributed by atoms with E-state index in [9.17, 15) is 28.2 Å². The van der Waals surface area contributed by atoms with Crippen molar-refractivity contribution in [1.82, 2.24) is 9.80 Å². The molecule has 1 amide bonds. The molecule has 1 spiro atoms. The molecule has 2 heterocycles. The summed E-state index contributed by atoms with van der Waals surface area (Å²) in [5, 5.41) is 23.6. The number of carbonyl (C=O) groups excluding carboxylic acids is 1. The van der Waals surface area contributed by atoms with Gasteiger partial charge in [0.25, 0.3) is 0 Å². The second-order valence-corrected chi connectivity index (χ2v) is 12.9. The number of aromatic hydroxyl groups is 1. The van der Waals surface area contributed by atoms with Crippen LogP contribution < -0.4 is 9.47 Å². The number of likely N-dealkylation sites (N-methyl/N-ethyl adjacent to an activating group) is 1. The summed E-state index contributed by atoms with van der Waals surface area (Å²) in [6.45, 7) is 3.82. The van der Waals surface area contributed by atoms with Crippen LogP contribution in [-0.2, 0) is 16.6 Å². The van der Waals surface area contributed by atoms with Crippen LogP contribution in [0.3, 0.4) is 0 Å². The highest BCUT2D eigenvalue weighted by Crippen LogP contribution is 2.66. The van der Waals surface area contributed by atoms with Crippen LogP contribution in [0.15, 0.2) is 42.5 Å². The van der Waals surface area contributed by atoms with Crippen LogP contribution in [0.2, 0.25) is 0 Å². The molecule has 5 aliphatic rings. The zero-order valence-corrected chi connectivity index (χ0v) is 23.6. The number of carbonyl (C=O) groups is 1. The zero-order chi connectivity index (χ0) is 29.6. The number of benzene rings is 2. The molecule has 3 fully saturated rings. The van der Waals surface area contributed by atoms with Gasteiger partial charge in [-0.3, -0.25) is 9.69 Å². The minimum atomic E-state index is -4.81. The Balaban J connectivity index is 1.21. The van der Waals surface area contributed by atoms with Crippen LogP contribution in [0, 0.1) is 11.8 Å². The fraction of sp³-hybridized carbons (Fsp3) is 0.531. The van der Waals surface area contributed by atoms with Crippen molar-refractivity contribution in [3.05, 3.63) is 59.2 Å². The van der Waals surface area contributed by atoms with Crippen molar-refractivity contribution in [1.29, 1.82) is 0 Å². The second kappa shape index (κ2) is 9.38. The van der Waals surface area contributed by atoms with E-state index in [1.165, 1.54) is 43.2 Å². The molecule has 3 aliphatic carbocycles. The maximum absolute atomic E-state index is 13.5. The summed E-state index contributed by atoms with van der Waals surface area (Å²) in [6, 6.07) is 8.59. The van der Waals surface area contributed by atoms with Crippen LogP contribution in [0.25, 0.3) is 6.08 Å².